The van der Waals surface area contributed by atoms with Gasteiger partial charge in [-0.1, -0.05) is 13.8 Å². The van der Waals surface area contributed by atoms with E-state index in [0.717, 1.165) is 0 Å². The van der Waals surface area contributed by atoms with Gasteiger partial charge in [-0.25, -0.2) is 0 Å². The van der Waals surface area contributed by atoms with Gasteiger partial charge < -0.3 is 42.5 Å². The van der Waals surface area contributed by atoms with Crippen molar-refractivity contribution in [3.05, 3.63) is 0 Å². The van der Waals surface area contributed by atoms with Crippen molar-refractivity contribution in [1.82, 2.24) is 5.32 Å². The van der Waals surface area contributed by atoms with E-state index in [0.29, 0.717) is 58.7 Å². The number of carbonyl (C=O) groups is 2. The van der Waals surface area contributed by atoms with Gasteiger partial charge in [-0.05, 0) is 38.9 Å². The van der Waals surface area contributed by atoms with Crippen molar-refractivity contribution in [2.45, 2.75) is 51.5 Å². The van der Waals surface area contributed by atoms with Gasteiger partial charge in [-0.2, -0.15) is 0 Å². The Bertz CT molecular complexity index is 368. The first kappa shape index (κ1) is 29.9. The molecular formula is C19H43N5O5. The van der Waals surface area contributed by atoms with Crippen LogP contribution in [0.2, 0.25) is 0 Å². The molecule has 9 N–H and O–H groups in total. The van der Waals surface area contributed by atoms with Gasteiger partial charge in [0.1, 0.15) is 5.54 Å². The number of rotatable bonds is 19. The Balaban J connectivity index is 0. The zero-order valence-corrected chi connectivity index (χ0v) is 18.3. The Morgan fingerprint density at radius 1 is 0.759 bits per heavy atom. The number of carbonyl (C=O) groups excluding carboxylic acids is 2. The maximum atomic E-state index is 12.3. The molecule has 0 aromatic rings. The van der Waals surface area contributed by atoms with Crippen LogP contribution in [0.15, 0.2) is 0 Å². The zero-order valence-electron chi connectivity index (χ0n) is 18.3. The van der Waals surface area contributed by atoms with Crippen molar-refractivity contribution >= 4 is 11.8 Å². The fourth-order valence-corrected chi connectivity index (χ4v) is 2.19. The van der Waals surface area contributed by atoms with Crippen LogP contribution in [0.25, 0.3) is 0 Å². The highest BCUT2D eigenvalue weighted by molar-refractivity contribution is 5.83. The lowest BCUT2D eigenvalue weighted by atomic mass is 10.0. The van der Waals surface area contributed by atoms with E-state index in [2.05, 4.69) is 5.32 Å². The Morgan fingerprint density at radius 3 is 1.45 bits per heavy atom. The van der Waals surface area contributed by atoms with Crippen LogP contribution >= 0.6 is 0 Å². The van der Waals surface area contributed by atoms with E-state index in [4.69, 9.17) is 37.1 Å². The van der Waals surface area contributed by atoms with Crippen LogP contribution in [0.5, 0.6) is 0 Å². The second kappa shape index (κ2) is 21.4. The number of hydrogen-bond acceptors (Lipinski definition) is 8. The van der Waals surface area contributed by atoms with E-state index in [-0.39, 0.29) is 38.6 Å². The van der Waals surface area contributed by atoms with E-state index in [1.54, 1.807) is 0 Å². The fourth-order valence-electron chi connectivity index (χ4n) is 2.19. The van der Waals surface area contributed by atoms with Crippen molar-refractivity contribution in [2.75, 3.05) is 59.3 Å². The summed E-state index contributed by atoms with van der Waals surface area (Å²) >= 11 is 0. The summed E-state index contributed by atoms with van der Waals surface area (Å²) in [6, 6.07) is 0. The van der Waals surface area contributed by atoms with Gasteiger partial charge in [0.15, 0.2) is 0 Å². The highest BCUT2D eigenvalue weighted by Gasteiger charge is 2.33. The molecule has 0 saturated heterocycles. The Hall–Kier alpha value is -1.30. The molecule has 0 aromatic heterocycles. The van der Waals surface area contributed by atoms with Crippen LogP contribution in [0.1, 0.15) is 46.0 Å². The summed E-state index contributed by atoms with van der Waals surface area (Å²) in [5.74, 6) is -0.852. The van der Waals surface area contributed by atoms with Gasteiger partial charge in [0.2, 0.25) is 11.8 Å². The van der Waals surface area contributed by atoms with Crippen LogP contribution in [0.4, 0.5) is 0 Å². The summed E-state index contributed by atoms with van der Waals surface area (Å²) in [6.07, 6.45) is 2.07. The molecule has 10 heteroatoms. The minimum absolute atomic E-state index is 0.00845. The topological polar surface area (TPSA) is 178 Å². The summed E-state index contributed by atoms with van der Waals surface area (Å²) in [7, 11) is 0. The van der Waals surface area contributed by atoms with Crippen molar-refractivity contribution < 1.29 is 23.8 Å². The third-order valence-corrected chi connectivity index (χ3v) is 3.62. The first-order valence-corrected chi connectivity index (χ1v) is 10.4. The average molecular weight is 422 g/mol. The lowest BCUT2D eigenvalue weighted by Crippen LogP contribution is -2.58. The molecule has 0 aliphatic heterocycles. The Kier molecular flexibility index (Phi) is 22.1. The van der Waals surface area contributed by atoms with Crippen LogP contribution in [-0.2, 0) is 23.8 Å². The maximum Gasteiger partial charge on any atom is 0.221 e. The summed E-state index contributed by atoms with van der Waals surface area (Å²) in [6.45, 7) is 7.50. The summed E-state index contributed by atoms with van der Waals surface area (Å²) in [4.78, 5) is 23.2. The molecule has 0 rings (SSSR count). The van der Waals surface area contributed by atoms with Gasteiger partial charge in [0.25, 0.3) is 0 Å². The molecule has 0 radical (unpaired) electrons. The molecule has 0 heterocycles. The molecule has 0 atom stereocenters. The normalized spacial score (nSPS) is 10.9. The molecule has 174 valence electrons. The second-order valence-corrected chi connectivity index (χ2v) is 6.38. The van der Waals surface area contributed by atoms with Gasteiger partial charge in [-0.15, -0.1) is 0 Å². The number of hydrogen-bond donors (Lipinski definition) is 5. The molecule has 0 aliphatic carbocycles. The molecule has 0 aliphatic rings. The molecule has 10 nitrogen and oxygen atoms in total. The van der Waals surface area contributed by atoms with E-state index in [9.17, 15) is 9.59 Å². The second-order valence-electron chi connectivity index (χ2n) is 6.38. The van der Waals surface area contributed by atoms with E-state index in [1.807, 2.05) is 13.8 Å². The summed E-state index contributed by atoms with van der Waals surface area (Å²) in [5, 5.41) is 2.90. The molecule has 0 bridgehead atoms. The zero-order chi connectivity index (χ0) is 22.4. The lowest BCUT2D eigenvalue weighted by Gasteiger charge is -2.34. The SMILES string of the molecule is CC.NCCCOCC(COCCCN)(COCCCN)NC(=O)CCC(N)=O. The fraction of sp³-hybridized carbons (Fsp3) is 0.895. The van der Waals surface area contributed by atoms with E-state index in [1.165, 1.54) is 0 Å². The molecule has 0 aromatic carbocycles. The molecule has 2 amide bonds. The van der Waals surface area contributed by atoms with E-state index >= 15 is 0 Å². The van der Waals surface area contributed by atoms with Crippen molar-refractivity contribution in [2.24, 2.45) is 22.9 Å². The van der Waals surface area contributed by atoms with Gasteiger partial charge in [-0.3, -0.25) is 9.59 Å². The average Bonchev–Trinajstić information content (AvgIpc) is 2.72. The number of nitrogens with one attached hydrogen (secondary N) is 1. The monoisotopic (exact) mass is 421 g/mol. The van der Waals surface area contributed by atoms with E-state index < -0.39 is 11.4 Å². The third kappa shape index (κ3) is 18.5. The first-order chi connectivity index (χ1) is 14.0. The molecule has 0 spiro atoms. The Morgan fingerprint density at radius 2 is 1.14 bits per heavy atom. The smallest absolute Gasteiger partial charge is 0.221 e. The molecule has 0 fully saturated rings. The standard InChI is InChI=1S/C17H37N5O5.C2H6/c18-6-1-9-25-12-17(13-26-10-2-7-19,14-27-11-3-8-20)22-16(24)5-4-15(21)23;1-2/h1-14,18-20H2,(H2,21,23)(H,22,24);1-2H3. The number of amides is 2. The molecule has 0 unspecified atom stereocenters. The van der Waals surface area contributed by atoms with Crippen LogP contribution in [-0.4, -0.2) is 76.6 Å². The molecule has 0 saturated carbocycles. The van der Waals surface area contributed by atoms with Gasteiger partial charge in [0.05, 0.1) is 19.8 Å². The molecule has 29 heavy (non-hydrogen) atoms. The van der Waals surface area contributed by atoms with Crippen molar-refractivity contribution in [3.63, 3.8) is 0 Å². The predicted molar refractivity (Wildman–Crippen MR) is 114 cm³/mol. The minimum Gasteiger partial charge on any atom is -0.379 e. The third-order valence-electron chi connectivity index (χ3n) is 3.62. The Labute approximate surface area is 175 Å². The quantitative estimate of drug-likeness (QED) is 0.169. The van der Waals surface area contributed by atoms with Crippen LogP contribution < -0.4 is 28.3 Å². The predicted octanol–water partition coefficient (Wildman–Crippen LogP) is -0.771. The van der Waals surface area contributed by atoms with Gasteiger partial charge >= 0.3 is 0 Å². The number of nitrogens with two attached hydrogens (primary N) is 4. The van der Waals surface area contributed by atoms with Crippen LogP contribution in [0, 0.1) is 0 Å². The lowest BCUT2D eigenvalue weighted by molar-refractivity contribution is -0.129. The summed E-state index contributed by atoms with van der Waals surface area (Å²) < 4.78 is 17.1. The highest BCUT2D eigenvalue weighted by atomic mass is 16.5. The molecular weight excluding hydrogens is 378 g/mol. The minimum atomic E-state index is -0.882. The van der Waals surface area contributed by atoms with Gasteiger partial charge in [0, 0.05) is 32.7 Å². The highest BCUT2D eigenvalue weighted by Crippen LogP contribution is 2.11. The number of ether oxygens (including phenoxy) is 3. The maximum absolute atomic E-state index is 12.3. The first-order valence-electron chi connectivity index (χ1n) is 10.4. The van der Waals surface area contributed by atoms with Crippen LogP contribution in [0.3, 0.4) is 0 Å². The largest absolute Gasteiger partial charge is 0.379 e. The van der Waals surface area contributed by atoms with Crippen molar-refractivity contribution in [1.29, 1.82) is 0 Å². The van der Waals surface area contributed by atoms with Crippen molar-refractivity contribution in [3.8, 4) is 0 Å². The number of primary amides is 1. The summed E-state index contributed by atoms with van der Waals surface area (Å²) in [5.41, 5.74) is 20.7.